The van der Waals surface area contributed by atoms with Gasteiger partial charge in [-0.25, -0.2) is 0 Å². The van der Waals surface area contributed by atoms with Gasteiger partial charge in [-0.15, -0.1) is 0 Å². The third-order valence-corrected chi connectivity index (χ3v) is 9.51. The van der Waals surface area contributed by atoms with Crippen molar-refractivity contribution in [2.24, 2.45) is 41.4 Å². The van der Waals surface area contributed by atoms with Crippen molar-refractivity contribution in [3.63, 3.8) is 0 Å². The summed E-state index contributed by atoms with van der Waals surface area (Å²) in [6.07, 6.45) is 23.7. The van der Waals surface area contributed by atoms with Crippen LogP contribution in [0.15, 0.2) is 0 Å². The van der Waals surface area contributed by atoms with E-state index in [1.54, 1.807) is 51.9 Å². The molecule has 7 atom stereocenters. The van der Waals surface area contributed by atoms with Crippen molar-refractivity contribution in [2.45, 2.75) is 150 Å². The van der Waals surface area contributed by atoms with Crippen molar-refractivity contribution >= 4 is 5.78 Å². The second-order valence-electron chi connectivity index (χ2n) is 12.5. The number of ketones is 1. The standard InChI is InChI=1S/C25H46.C6H12O2/c1-4-8-23-16-20(15-22(23)5-2)13-11-19(3)12-14-21-17-24-9-6-7-10-25(24)18-21;1-5(7)3-4-6(2)8/h19-25H,4-18H2,1-3H3;5,7H,3-4H2,1-2H3. The molecule has 3 aliphatic carbocycles. The third kappa shape index (κ3) is 10.8. The lowest BCUT2D eigenvalue weighted by Crippen LogP contribution is -2.12. The largest absolute Gasteiger partial charge is 0.393 e. The number of rotatable bonds is 12. The topological polar surface area (TPSA) is 37.3 Å². The van der Waals surface area contributed by atoms with Gasteiger partial charge in [0, 0.05) is 6.42 Å². The molecule has 0 aromatic carbocycles. The Morgan fingerprint density at radius 2 is 1.36 bits per heavy atom. The fourth-order valence-electron chi connectivity index (χ4n) is 7.49. The minimum Gasteiger partial charge on any atom is -0.393 e. The summed E-state index contributed by atoms with van der Waals surface area (Å²) in [5.41, 5.74) is 0. The van der Waals surface area contributed by atoms with Crippen LogP contribution in [0.3, 0.4) is 0 Å². The first-order valence-electron chi connectivity index (χ1n) is 15.0. The Morgan fingerprint density at radius 1 is 0.818 bits per heavy atom. The first-order valence-corrected chi connectivity index (χ1v) is 15.0. The van der Waals surface area contributed by atoms with Crippen LogP contribution in [0.1, 0.15) is 144 Å². The van der Waals surface area contributed by atoms with Gasteiger partial charge in [-0.3, -0.25) is 0 Å². The molecule has 0 radical (unpaired) electrons. The van der Waals surface area contributed by atoms with Crippen LogP contribution in [0.25, 0.3) is 0 Å². The van der Waals surface area contributed by atoms with E-state index in [1.807, 2.05) is 0 Å². The molecule has 3 aliphatic rings. The number of hydrogen-bond acceptors (Lipinski definition) is 2. The van der Waals surface area contributed by atoms with E-state index >= 15 is 0 Å². The Balaban J connectivity index is 0.000000414. The van der Waals surface area contributed by atoms with Gasteiger partial charge < -0.3 is 9.90 Å². The van der Waals surface area contributed by atoms with Crippen LogP contribution in [0.2, 0.25) is 0 Å². The highest BCUT2D eigenvalue weighted by Crippen LogP contribution is 2.47. The fourth-order valence-corrected chi connectivity index (χ4v) is 7.49. The summed E-state index contributed by atoms with van der Waals surface area (Å²) >= 11 is 0. The summed E-state index contributed by atoms with van der Waals surface area (Å²) in [6, 6.07) is 0. The predicted molar refractivity (Wildman–Crippen MR) is 142 cm³/mol. The van der Waals surface area contributed by atoms with Gasteiger partial charge in [0.1, 0.15) is 5.78 Å². The van der Waals surface area contributed by atoms with Crippen LogP contribution in [0.4, 0.5) is 0 Å². The van der Waals surface area contributed by atoms with E-state index in [0.29, 0.717) is 12.8 Å². The molecule has 0 amide bonds. The van der Waals surface area contributed by atoms with E-state index in [9.17, 15) is 4.79 Å². The summed E-state index contributed by atoms with van der Waals surface area (Å²) in [7, 11) is 0. The van der Waals surface area contributed by atoms with Crippen molar-refractivity contribution in [3.05, 3.63) is 0 Å². The molecular formula is C31H58O2. The molecule has 0 spiro atoms. The molecule has 0 aromatic rings. The summed E-state index contributed by atoms with van der Waals surface area (Å²) in [6.45, 7) is 10.6. The van der Waals surface area contributed by atoms with E-state index in [1.165, 1.54) is 58.3 Å². The summed E-state index contributed by atoms with van der Waals surface area (Å²) < 4.78 is 0. The van der Waals surface area contributed by atoms with E-state index in [-0.39, 0.29) is 11.9 Å². The Bertz CT molecular complexity index is 513. The molecule has 1 N–H and O–H groups in total. The Labute approximate surface area is 207 Å². The molecule has 0 aromatic heterocycles. The molecule has 2 heteroatoms. The van der Waals surface area contributed by atoms with Crippen LogP contribution >= 0.6 is 0 Å². The Morgan fingerprint density at radius 3 is 1.82 bits per heavy atom. The maximum atomic E-state index is 10.2. The second-order valence-corrected chi connectivity index (χ2v) is 12.5. The smallest absolute Gasteiger partial charge is 0.129 e. The number of carbonyl (C=O) groups is 1. The maximum Gasteiger partial charge on any atom is 0.129 e. The van der Waals surface area contributed by atoms with Gasteiger partial charge in [0.05, 0.1) is 6.10 Å². The minimum absolute atomic E-state index is 0.144. The molecule has 194 valence electrons. The molecule has 2 nitrogen and oxygen atoms in total. The molecular weight excluding hydrogens is 404 g/mol. The molecule has 0 heterocycles. The number of aliphatic hydroxyl groups is 1. The number of Topliss-reactive ketones (excluding diaryl/α,β-unsaturated/α-hetero) is 1. The third-order valence-electron chi connectivity index (χ3n) is 9.51. The average Bonchev–Trinajstić information content (AvgIpc) is 3.38. The van der Waals surface area contributed by atoms with Gasteiger partial charge in [0.2, 0.25) is 0 Å². The van der Waals surface area contributed by atoms with Crippen LogP contribution < -0.4 is 0 Å². The zero-order valence-corrected chi connectivity index (χ0v) is 23.0. The maximum absolute atomic E-state index is 10.2. The van der Waals surface area contributed by atoms with Crippen molar-refractivity contribution in [3.8, 4) is 0 Å². The Hall–Kier alpha value is -0.370. The second kappa shape index (κ2) is 15.6. The normalized spacial score (nSPS) is 33.2. The van der Waals surface area contributed by atoms with Crippen molar-refractivity contribution < 1.29 is 9.90 Å². The quantitative estimate of drug-likeness (QED) is 0.314. The number of hydrogen-bond donors (Lipinski definition) is 1. The van der Waals surface area contributed by atoms with Crippen LogP contribution in [-0.2, 0) is 4.79 Å². The Kier molecular flexibility index (Phi) is 13.6. The molecule has 0 bridgehead atoms. The molecule has 3 saturated carbocycles. The van der Waals surface area contributed by atoms with Crippen LogP contribution in [0.5, 0.6) is 0 Å². The lowest BCUT2D eigenvalue weighted by atomic mass is 9.82. The molecule has 0 aliphatic heterocycles. The van der Waals surface area contributed by atoms with E-state index in [2.05, 4.69) is 20.8 Å². The zero-order valence-electron chi connectivity index (χ0n) is 23.0. The van der Waals surface area contributed by atoms with Gasteiger partial charge in [-0.2, -0.15) is 0 Å². The highest BCUT2D eigenvalue weighted by molar-refractivity contribution is 5.75. The predicted octanol–water partition coefficient (Wildman–Crippen LogP) is 8.99. The summed E-state index contributed by atoms with van der Waals surface area (Å²) in [4.78, 5) is 10.2. The molecule has 7 unspecified atom stereocenters. The first kappa shape index (κ1) is 28.9. The SMILES string of the molecule is CC(=O)CCC(C)O.CCCC1CC(CCC(C)CCC2CC3CCCCC3C2)CC1CC. The monoisotopic (exact) mass is 462 g/mol. The highest BCUT2D eigenvalue weighted by Gasteiger charge is 2.35. The molecule has 3 fully saturated rings. The summed E-state index contributed by atoms with van der Waals surface area (Å²) in [5.74, 6) is 7.68. The average molecular weight is 463 g/mol. The lowest BCUT2D eigenvalue weighted by Gasteiger charge is -2.24. The molecule has 33 heavy (non-hydrogen) atoms. The van der Waals surface area contributed by atoms with Gasteiger partial charge in [0.25, 0.3) is 0 Å². The van der Waals surface area contributed by atoms with E-state index < -0.39 is 0 Å². The molecule has 0 saturated heterocycles. The van der Waals surface area contributed by atoms with Gasteiger partial charge in [0.15, 0.2) is 0 Å². The number of carbonyl (C=O) groups excluding carboxylic acids is 1. The summed E-state index contributed by atoms with van der Waals surface area (Å²) in [5, 5.41) is 8.65. The van der Waals surface area contributed by atoms with Crippen molar-refractivity contribution in [2.75, 3.05) is 0 Å². The van der Waals surface area contributed by atoms with Crippen molar-refractivity contribution in [1.82, 2.24) is 0 Å². The van der Waals surface area contributed by atoms with Gasteiger partial charge in [-0.05, 0) is 87.4 Å². The van der Waals surface area contributed by atoms with Crippen LogP contribution in [0, 0.1) is 41.4 Å². The van der Waals surface area contributed by atoms with E-state index in [0.717, 1.165) is 41.4 Å². The number of aliphatic hydroxyl groups excluding tert-OH is 1. The zero-order chi connectivity index (χ0) is 24.2. The highest BCUT2D eigenvalue weighted by atomic mass is 16.3. The fraction of sp³-hybridized carbons (Fsp3) is 0.968. The first-order chi connectivity index (χ1) is 15.8. The van der Waals surface area contributed by atoms with E-state index in [4.69, 9.17) is 5.11 Å². The van der Waals surface area contributed by atoms with Crippen molar-refractivity contribution in [1.29, 1.82) is 0 Å². The minimum atomic E-state index is -0.334. The van der Waals surface area contributed by atoms with Gasteiger partial charge in [-0.1, -0.05) is 91.4 Å². The van der Waals surface area contributed by atoms with Crippen LogP contribution in [-0.4, -0.2) is 17.0 Å². The molecule has 3 rings (SSSR count). The van der Waals surface area contributed by atoms with Gasteiger partial charge >= 0.3 is 0 Å². The number of fused-ring (bicyclic) bond motifs is 1. The lowest BCUT2D eigenvalue weighted by molar-refractivity contribution is -0.117.